The molecular weight excluding hydrogens is 359 g/mol. The first-order valence-electron chi connectivity index (χ1n) is 9.54. The number of amides is 1. The summed E-state index contributed by atoms with van der Waals surface area (Å²) in [4.78, 5) is 17.8. The predicted molar refractivity (Wildman–Crippen MR) is 105 cm³/mol. The van der Waals surface area contributed by atoms with Gasteiger partial charge < -0.3 is 14.5 Å². The molecule has 0 aliphatic carbocycles. The third kappa shape index (κ3) is 3.40. The predicted octanol–water partition coefficient (Wildman–Crippen LogP) is 4.78. The van der Waals surface area contributed by atoms with E-state index in [1.54, 1.807) is 12.1 Å². The molecule has 2 heterocycles. The molecule has 0 bridgehead atoms. The van der Waals surface area contributed by atoms with Crippen LogP contribution in [0.1, 0.15) is 44.1 Å². The lowest BCUT2D eigenvalue weighted by molar-refractivity contribution is -0.125. The molecular formula is C22H23FN2O3. The smallest absolute Gasteiger partial charge is 0.235 e. The van der Waals surface area contributed by atoms with Crippen molar-refractivity contribution in [3.05, 3.63) is 59.7 Å². The average Bonchev–Trinajstić information content (AvgIpc) is 3.13. The van der Waals surface area contributed by atoms with Crippen molar-refractivity contribution in [3.8, 4) is 0 Å². The maximum atomic E-state index is 13.4. The zero-order valence-corrected chi connectivity index (χ0v) is 16.0. The van der Waals surface area contributed by atoms with Gasteiger partial charge in [-0.2, -0.15) is 0 Å². The van der Waals surface area contributed by atoms with E-state index in [9.17, 15) is 9.18 Å². The minimum absolute atomic E-state index is 0.116. The van der Waals surface area contributed by atoms with Crippen LogP contribution < -0.4 is 5.32 Å². The van der Waals surface area contributed by atoms with E-state index in [-0.39, 0.29) is 17.6 Å². The van der Waals surface area contributed by atoms with Crippen LogP contribution in [-0.2, 0) is 14.9 Å². The first-order chi connectivity index (χ1) is 13.5. The number of aromatic nitrogens is 1. The first-order valence-corrected chi connectivity index (χ1v) is 9.54. The number of anilines is 1. The zero-order valence-electron chi connectivity index (χ0n) is 16.0. The molecule has 1 aliphatic heterocycles. The number of hydrogen-bond donors (Lipinski definition) is 1. The molecule has 0 atom stereocenters. The van der Waals surface area contributed by atoms with Gasteiger partial charge in [0.2, 0.25) is 5.91 Å². The monoisotopic (exact) mass is 382 g/mol. The minimum Gasteiger partial charge on any atom is -0.440 e. The molecule has 1 N–H and O–H groups in total. The van der Waals surface area contributed by atoms with Crippen LogP contribution in [0.2, 0.25) is 0 Å². The van der Waals surface area contributed by atoms with E-state index in [2.05, 4.69) is 10.3 Å². The standard InChI is InChI=1S/C22H23FN2O3/c1-14(2)20-25-18-13-17(7-8-19(18)28-20)24-21(26)22(9-11-27-12-10-22)15-3-5-16(23)6-4-15/h3-8,13-14H,9-12H2,1-2H3,(H,24,26). The highest BCUT2D eigenvalue weighted by molar-refractivity contribution is 6.00. The van der Waals surface area contributed by atoms with Gasteiger partial charge in [0.05, 0.1) is 5.41 Å². The first kappa shape index (κ1) is 18.6. The van der Waals surface area contributed by atoms with Gasteiger partial charge in [-0.3, -0.25) is 4.79 Å². The molecule has 1 aliphatic rings. The maximum Gasteiger partial charge on any atom is 0.235 e. The Kier molecular flexibility index (Phi) is 4.89. The van der Waals surface area contributed by atoms with Gasteiger partial charge in [0.25, 0.3) is 0 Å². The molecule has 1 aromatic heterocycles. The SMILES string of the molecule is CC(C)c1nc2cc(NC(=O)C3(c4ccc(F)cc4)CCOCC3)ccc2o1. The van der Waals surface area contributed by atoms with Gasteiger partial charge in [-0.1, -0.05) is 26.0 Å². The third-order valence-corrected chi connectivity index (χ3v) is 5.33. The Morgan fingerprint density at radius 3 is 2.54 bits per heavy atom. The highest BCUT2D eigenvalue weighted by Gasteiger charge is 2.41. The van der Waals surface area contributed by atoms with Crippen molar-refractivity contribution in [1.82, 2.24) is 4.98 Å². The van der Waals surface area contributed by atoms with E-state index in [1.165, 1.54) is 12.1 Å². The van der Waals surface area contributed by atoms with Crippen molar-refractivity contribution in [2.75, 3.05) is 18.5 Å². The van der Waals surface area contributed by atoms with Gasteiger partial charge in [-0.05, 0) is 48.7 Å². The van der Waals surface area contributed by atoms with Gasteiger partial charge in [0, 0.05) is 24.8 Å². The summed E-state index contributed by atoms with van der Waals surface area (Å²) in [5, 5.41) is 3.03. The van der Waals surface area contributed by atoms with Crippen LogP contribution in [0.5, 0.6) is 0 Å². The van der Waals surface area contributed by atoms with Crippen molar-refractivity contribution in [3.63, 3.8) is 0 Å². The quantitative estimate of drug-likeness (QED) is 0.705. The number of ether oxygens (including phenoxy) is 1. The molecule has 146 valence electrons. The number of rotatable bonds is 4. The normalized spacial score (nSPS) is 16.4. The molecule has 0 spiro atoms. The maximum absolute atomic E-state index is 13.4. The van der Waals surface area contributed by atoms with E-state index < -0.39 is 5.41 Å². The summed E-state index contributed by atoms with van der Waals surface area (Å²) in [6, 6.07) is 11.6. The fourth-order valence-electron chi connectivity index (χ4n) is 3.66. The highest BCUT2D eigenvalue weighted by atomic mass is 19.1. The summed E-state index contributed by atoms with van der Waals surface area (Å²) < 4.78 is 24.6. The van der Waals surface area contributed by atoms with Gasteiger partial charge in [0.1, 0.15) is 11.3 Å². The minimum atomic E-state index is -0.742. The second-order valence-corrected chi connectivity index (χ2v) is 7.54. The van der Waals surface area contributed by atoms with E-state index in [0.29, 0.717) is 48.7 Å². The molecule has 1 fully saturated rings. The number of carbonyl (C=O) groups excluding carboxylic acids is 1. The van der Waals surface area contributed by atoms with Crippen LogP contribution in [-0.4, -0.2) is 24.1 Å². The fourth-order valence-corrected chi connectivity index (χ4v) is 3.66. The molecule has 1 amide bonds. The van der Waals surface area contributed by atoms with Crippen molar-refractivity contribution in [2.24, 2.45) is 0 Å². The van der Waals surface area contributed by atoms with Crippen LogP contribution in [0.4, 0.5) is 10.1 Å². The Hall–Kier alpha value is -2.73. The lowest BCUT2D eigenvalue weighted by atomic mass is 9.73. The molecule has 0 saturated carbocycles. The number of fused-ring (bicyclic) bond motifs is 1. The van der Waals surface area contributed by atoms with E-state index in [1.807, 2.05) is 32.0 Å². The van der Waals surface area contributed by atoms with Crippen LogP contribution in [0.3, 0.4) is 0 Å². The molecule has 2 aromatic carbocycles. The molecule has 5 nitrogen and oxygen atoms in total. The summed E-state index contributed by atoms with van der Waals surface area (Å²) in [5.74, 6) is 0.429. The molecule has 1 saturated heterocycles. The summed E-state index contributed by atoms with van der Waals surface area (Å²) >= 11 is 0. The van der Waals surface area contributed by atoms with Crippen molar-refractivity contribution in [1.29, 1.82) is 0 Å². The van der Waals surface area contributed by atoms with E-state index >= 15 is 0 Å². The Bertz CT molecular complexity index is 989. The van der Waals surface area contributed by atoms with Crippen LogP contribution in [0.25, 0.3) is 11.1 Å². The number of oxazole rings is 1. The third-order valence-electron chi connectivity index (χ3n) is 5.33. The molecule has 4 rings (SSSR count). The fraction of sp³-hybridized carbons (Fsp3) is 0.364. The van der Waals surface area contributed by atoms with E-state index in [0.717, 1.165) is 5.56 Å². The van der Waals surface area contributed by atoms with Crippen molar-refractivity contribution >= 4 is 22.7 Å². The van der Waals surface area contributed by atoms with Gasteiger partial charge in [0.15, 0.2) is 11.5 Å². The van der Waals surface area contributed by atoms with Crippen molar-refractivity contribution < 1.29 is 18.3 Å². The molecule has 28 heavy (non-hydrogen) atoms. The van der Waals surface area contributed by atoms with Crippen molar-refractivity contribution in [2.45, 2.75) is 38.0 Å². The second-order valence-electron chi connectivity index (χ2n) is 7.54. The average molecular weight is 382 g/mol. The Labute approximate surface area is 162 Å². The molecule has 6 heteroatoms. The lowest BCUT2D eigenvalue weighted by Crippen LogP contribution is -2.44. The zero-order chi connectivity index (χ0) is 19.7. The highest BCUT2D eigenvalue weighted by Crippen LogP contribution is 2.36. The van der Waals surface area contributed by atoms with Crippen LogP contribution in [0.15, 0.2) is 46.9 Å². The Balaban J connectivity index is 1.64. The molecule has 0 unspecified atom stereocenters. The summed E-state index contributed by atoms with van der Waals surface area (Å²) in [6.07, 6.45) is 1.10. The van der Waals surface area contributed by atoms with Gasteiger partial charge >= 0.3 is 0 Å². The number of nitrogens with zero attached hydrogens (tertiary/aromatic N) is 1. The number of carbonyl (C=O) groups is 1. The number of hydrogen-bond acceptors (Lipinski definition) is 4. The number of benzene rings is 2. The van der Waals surface area contributed by atoms with E-state index in [4.69, 9.17) is 9.15 Å². The summed E-state index contributed by atoms with van der Waals surface area (Å²) in [7, 11) is 0. The summed E-state index contributed by atoms with van der Waals surface area (Å²) in [6.45, 7) is 5.02. The Morgan fingerprint density at radius 2 is 1.86 bits per heavy atom. The lowest BCUT2D eigenvalue weighted by Gasteiger charge is -2.36. The van der Waals surface area contributed by atoms with Crippen LogP contribution in [0, 0.1) is 5.82 Å². The molecule has 3 aromatic rings. The Morgan fingerprint density at radius 1 is 1.14 bits per heavy atom. The number of halogens is 1. The second kappa shape index (κ2) is 7.36. The summed E-state index contributed by atoms with van der Waals surface area (Å²) in [5.41, 5.74) is 2.13. The number of nitrogens with one attached hydrogen (secondary N) is 1. The van der Waals surface area contributed by atoms with Gasteiger partial charge in [-0.25, -0.2) is 9.37 Å². The van der Waals surface area contributed by atoms with Gasteiger partial charge in [-0.15, -0.1) is 0 Å². The largest absolute Gasteiger partial charge is 0.440 e. The molecule has 0 radical (unpaired) electrons. The topological polar surface area (TPSA) is 64.4 Å². The van der Waals surface area contributed by atoms with Crippen LogP contribution >= 0.6 is 0 Å².